The van der Waals surface area contributed by atoms with Crippen molar-refractivity contribution in [2.45, 2.75) is 23.8 Å². The highest BCUT2D eigenvalue weighted by Crippen LogP contribution is 2.87. The van der Waals surface area contributed by atoms with Crippen LogP contribution in [0.3, 0.4) is 0 Å². The Morgan fingerprint density at radius 3 is 1.11 bits per heavy atom. The van der Waals surface area contributed by atoms with Gasteiger partial charge in [-0.1, -0.05) is 36.4 Å². The number of carbonyl (C=O) groups excluding carboxylic acids is 1. The normalized spacial score (nSPS) is 21.2. The molecule has 4 aliphatic carbocycles. The van der Waals surface area contributed by atoms with E-state index in [0.29, 0.717) is 28.0 Å². The summed E-state index contributed by atoms with van der Waals surface area (Å²) in [5, 5.41) is 93.1. The number of likely N-dealkylation sites (N-methyl/N-ethyl adjacent to an activating group) is 1. The van der Waals surface area contributed by atoms with Crippen molar-refractivity contribution < 1.29 is 9.28 Å². The summed E-state index contributed by atoms with van der Waals surface area (Å²) >= 11 is 0. The third-order valence-electron chi connectivity index (χ3n) is 30.3. The van der Waals surface area contributed by atoms with Gasteiger partial charge < -0.3 is 4.48 Å². The van der Waals surface area contributed by atoms with Crippen LogP contribution in [0.4, 0.5) is 0 Å². The van der Waals surface area contributed by atoms with Crippen LogP contribution >= 0.6 is 0 Å². The number of likely N-dealkylation sites (tertiary alicyclic amines) is 1. The fourth-order valence-corrected chi connectivity index (χ4v) is 29.4. The molecule has 1 atom stereocenters. The minimum Gasteiger partial charge on any atom is -0.320 e. The Balaban J connectivity index is 0.714. The molecular weight excluding hydrogens is 1150 g/mol. The van der Waals surface area contributed by atoms with Gasteiger partial charge in [0.1, 0.15) is 11.9 Å². The third kappa shape index (κ3) is 2.56. The highest BCUT2D eigenvalue weighted by molar-refractivity contribution is 6.82. The number of para-hydroxylation sites is 1. The lowest BCUT2D eigenvalue weighted by molar-refractivity contribution is -0.911. The van der Waals surface area contributed by atoms with Crippen LogP contribution in [0.2, 0.25) is 0 Å². The molecule has 1 aliphatic heterocycles. The molecule has 1 saturated heterocycles. The summed E-state index contributed by atoms with van der Waals surface area (Å²) in [6.07, 6.45) is 1.81. The minimum absolute atomic E-state index is 0.0574. The van der Waals surface area contributed by atoms with E-state index >= 15 is 0 Å². The molecule has 2 spiro atoms. The smallest absolute Gasteiger partial charge is 0.271 e. The zero-order valence-electron chi connectivity index (χ0n) is 49.4. The van der Waals surface area contributed by atoms with E-state index in [1.165, 1.54) is 5.56 Å². The summed E-state index contributed by atoms with van der Waals surface area (Å²) in [4.78, 5) is 32.3. The maximum Gasteiger partial charge on any atom is 0.271 e. The van der Waals surface area contributed by atoms with Gasteiger partial charge in [0.15, 0.2) is 0 Å². The summed E-state index contributed by atoms with van der Waals surface area (Å²) in [6.45, 7) is 2.85. The molecule has 1 unspecified atom stereocenters. The van der Waals surface area contributed by atoms with Gasteiger partial charge in [-0.15, -0.1) is 0 Å². The van der Waals surface area contributed by atoms with Gasteiger partial charge in [-0.25, -0.2) is 10.4 Å². The maximum atomic E-state index is 13.9. The number of aromatic nitrogens is 2. The predicted molar refractivity (Wildman–Crippen MR) is 387 cm³/mol. The van der Waals surface area contributed by atoms with E-state index < -0.39 is 5.41 Å². The topological polar surface area (TPSA) is 76.3 Å². The van der Waals surface area contributed by atoms with Crippen molar-refractivity contribution in [3.8, 4) is 5.69 Å². The van der Waals surface area contributed by atoms with Gasteiger partial charge in [0.2, 0.25) is 0 Å². The van der Waals surface area contributed by atoms with E-state index in [9.17, 15) is 9.59 Å². The van der Waals surface area contributed by atoms with E-state index in [1.54, 1.807) is 336 Å². The second-order valence-corrected chi connectivity index (χ2v) is 32.5. The molecule has 1 N–H and O–H groups in total. The SMILES string of the molecule is Cc1nc2ccccc2c(=O)n1-c1ccc(C(=O)N/N=C/c2ccc(C3C45c6c7c8c9c%10c%11c(c%12c%13c4c4c6c6c%14c7c7c8c8c%10c%10c%15c%11c%11c%12c%12c%13c%13c4c4c6c6c%14c%14c7c7c8c%10c8c%10c%15c%11c%11c%12c%12c%13c4c4c6c6c%14c7c8c7c%10c%11c%12c4c67)C95C[N+]3(C)C)cc2)cc1. The van der Waals surface area contributed by atoms with Crippen molar-refractivity contribution in [2.75, 3.05) is 20.6 Å². The Kier molecular flexibility index (Phi) is 4.17. The molecule has 0 radical (unpaired) electrons. The molecule has 37 rings (SSSR count). The number of benzene rings is 21. The molecule has 1 amide bonds. The summed E-state index contributed by atoms with van der Waals surface area (Å²) in [5.41, 5.74) is 12.9. The molecule has 94 heavy (non-hydrogen) atoms. The molecule has 410 valence electrons. The third-order valence-corrected chi connectivity index (χ3v) is 30.3. The molecule has 1 aromatic heterocycles. The van der Waals surface area contributed by atoms with Crippen molar-refractivity contribution in [3.05, 3.63) is 128 Å². The number of hydrogen-bond acceptors (Lipinski definition) is 4. The lowest BCUT2D eigenvalue weighted by Crippen LogP contribution is -2.52. The average Bonchev–Trinajstić information content (AvgIpc) is 1.38. The summed E-state index contributed by atoms with van der Waals surface area (Å²) < 4.78 is 2.46. The van der Waals surface area contributed by atoms with Gasteiger partial charge in [-0.2, -0.15) is 5.10 Å². The number of nitrogens with zero attached hydrogens (tertiary/aromatic N) is 4. The van der Waals surface area contributed by atoms with E-state index in [-0.39, 0.29) is 22.9 Å². The summed E-state index contributed by atoms with van der Waals surface area (Å²) in [7, 11) is 5.29. The first-order valence-electron chi connectivity index (χ1n) is 33.9. The fourth-order valence-electron chi connectivity index (χ4n) is 29.4. The highest BCUT2D eigenvalue weighted by atomic mass is 16.2. The molecule has 31 aromatic carbocycles. The van der Waals surface area contributed by atoms with Crippen molar-refractivity contribution in [1.29, 1.82) is 0 Å². The van der Waals surface area contributed by atoms with Crippen molar-refractivity contribution >= 4 is 314 Å². The van der Waals surface area contributed by atoms with E-state index in [1.807, 2.05) is 43.5 Å². The van der Waals surface area contributed by atoms with Crippen LogP contribution < -0.4 is 11.0 Å². The van der Waals surface area contributed by atoms with Crippen LogP contribution in [0.15, 0.2) is 82.7 Å². The number of amides is 1. The molecule has 32 aromatic rings. The standard InChI is InChI=1S/C87H25N5O2/c1-18-89-24-7-5-4-6-23(24)85(94)91(18)22-14-12-21(13-15-22)84(93)90-88-16-19-8-10-20(11-9-19)83-87-81-75-69-59-47-39-31-27-25-26-29-33(31)41(47)51-45-37(29)38-30(26)34-32-28(25)36-35(27)43-49(39)57-63-53(43)54-44(36)50-40(32)48-42(34)52-46(38)56-55(45)67(61(51)69)77(81)78-68(56)62(52)70-60(48)66-58(50)64(54)72-71(63)79(73(75)65(57)59)86(87,17-92(83,2)3)80(72)74(66)76(70)82(78)87/h4-16,83H,17H2,1-3H3/p+1/b88-16+. The van der Waals surface area contributed by atoms with Gasteiger partial charge in [0.25, 0.3) is 11.5 Å². The van der Waals surface area contributed by atoms with Crippen LogP contribution in [0.5, 0.6) is 0 Å². The van der Waals surface area contributed by atoms with Gasteiger partial charge >= 0.3 is 0 Å². The largest absolute Gasteiger partial charge is 0.320 e. The second-order valence-electron chi connectivity index (χ2n) is 32.5. The number of aryl methyl sites for hydroxylation is 1. The Labute approximate surface area is 518 Å². The first-order chi connectivity index (χ1) is 46.3. The molecule has 1 fully saturated rings. The zero-order valence-corrected chi connectivity index (χ0v) is 49.4. The Morgan fingerprint density at radius 1 is 0.436 bits per heavy atom. The number of hydrazone groups is 1. The Bertz CT molecular complexity index is 8950. The summed E-state index contributed by atoms with van der Waals surface area (Å²) in [5.74, 6) is 0.272. The van der Waals surface area contributed by atoms with Crippen LogP contribution in [-0.4, -0.2) is 46.8 Å². The first-order valence-corrected chi connectivity index (χ1v) is 33.9. The lowest BCUT2D eigenvalue weighted by Gasteiger charge is -2.49. The number of nitrogens with one attached hydrogen (secondary N) is 1. The molecule has 7 heteroatoms. The highest BCUT2D eigenvalue weighted by Gasteiger charge is 2.80. The molecule has 7 nitrogen and oxygen atoms in total. The molecule has 0 bridgehead atoms. The van der Waals surface area contributed by atoms with Crippen molar-refractivity contribution in [1.82, 2.24) is 15.0 Å². The number of carbonyl (C=O) groups is 1. The number of hydrogen-bond donors (Lipinski definition) is 1. The van der Waals surface area contributed by atoms with Crippen molar-refractivity contribution in [3.63, 3.8) is 0 Å². The van der Waals surface area contributed by atoms with Crippen LogP contribution in [0, 0.1) is 6.92 Å². The number of rotatable bonds is 5. The quantitative estimate of drug-likeness (QED) is 0.0807. The monoisotopic (exact) mass is 1170 g/mol. The minimum atomic E-state index is -0.446. The lowest BCUT2D eigenvalue weighted by atomic mass is 9.47. The second kappa shape index (κ2) is 9.90. The van der Waals surface area contributed by atoms with Gasteiger partial charge in [-0.3, -0.25) is 14.2 Å². The van der Waals surface area contributed by atoms with Gasteiger partial charge in [0.05, 0.1) is 54.3 Å². The van der Waals surface area contributed by atoms with Crippen LogP contribution in [-0.2, 0) is 10.8 Å². The Morgan fingerprint density at radius 2 is 0.755 bits per heavy atom. The maximum absolute atomic E-state index is 13.9. The number of quaternary nitrogens is 1. The molecule has 5 aliphatic rings. The zero-order chi connectivity index (χ0) is 58.4. The first kappa shape index (κ1) is 39.6. The summed E-state index contributed by atoms with van der Waals surface area (Å²) in [6, 6.07) is 24.1. The Hall–Kier alpha value is -11.6. The van der Waals surface area contributed by atoms with E-state index in [4.69, 9.17) is 4.98 Å². The van der Waals surface area contributed by atoms with Crippen molar-refractivity contribution in [2.24, 2.45) is 5.10 Å². The van der Waals surface area contributed by atoms with E-state index in [0.717, 1.165) is 16.6 Å². The van der Waals surface area contributed by atoms with Crippen LogP contribution in [0.25, 0.3) is 307 Å². The van der Waals surface area contributed by atoms with Gasteiger partial charge in [-0.05, 0) is 362 Å². The molecular formula is C87H26N5O2+. The van der Waals surface area contributed by atoms with Gasteiger partial charge in [0, 0.05) is 11.1 Å². The average molecular weight is 1170 g/mol. The molecule has 2 heterocycles. The van der Waals surface area contributed by atoms with Crippen LogP contribution in [0.1, 0.15) is 55.6 Å². The van der Waals surface area contributed by atoms with E-state index in [2.05, 4.69) is 48.9 Å². The fraction of sp³-hybridized carbons (Fsp3) is 0.0805. The molecule has 0 saturated carbocycles. The predicted octanol–water partition coefficient (Wildman–Crippen LogP) is 19.9. The number of fused-ring (bicyclic) bond motifs is 1.